The average Bonchev–Trinajstić information content (AvgIpc) is 2.63. The molecular formula is C20H18O6. The lowest BCUT2D eigenvalue weighted by molar-refractivity contribution is -0.136. The molecule has 0 unspecified atom stereocenters. The summed E-state index contributed by atoms with van der Waals surface area (Å²) in [7, 11) is 4.22. The molecule has 0 fully saturated rings. The molecule has 0 amide bonds. The predicted octanol–water partition coefficient (Wildman–Crippen LogP) is 3.42. The summed E-state index contributed by atoms with van der Waals surface area (Å²) in [6, 6.07) is 11.2. The second-order valence-electron chi connectivity index (χ2n) is 5.74. The van der Waals surface area contributed by atoms with Crippen LogP contribution in [0.25, 0.3) is 21.5 Å². The summed E-state index contributed by atoms with van der Waals surface area (Å²) < 4.78 is 16.0. The van der Waals surface area contributed by atoms with Crippen molar-refractivity contribution in [1.29, 1.82) is 0 Å². The summed E-state index contributed by atoms with van der Waals surface area (Å²) >= 11 is 0. The highest BCUT2D eigenvalue weighted by Crippen LogP contribution is 2.43. The van der Waals surface area contributed by atoms with Crippen molar-refractivity contribution in [3.63, 3.8) is 0 Å². The highest BCUT2D eigenvalue weighted by Gasteiger charge is 2.25. The van der Waals surface area contributed by atoms with Gasteiger partial charge in [-0.25, -0.2) is 4.79 Å². The van der Waals surface area contributed by atoms with E-state index in [1.165, 1.54) is 14.2 Å². The summed E-state index contributed by atoms with van der Waals surface area (Å²) in [5, 5.41) is 12.4. The van der Waals surface area contributed by atoms with Gasteiger partial charge in [-0.1, -0.05) is 24.3 Å². The summed E-state index contributed by atoms with van der Waals surface area (Å²) in [6.07, 6.45) is -0.328. The third-order valence-electron chi connectivity index (χ3n) is 4.28. The largest absolute Gasteiger partial charge is 0.495 e. The molecule has 3 rings (SSSR count). The van der Waals surface area contributed by atoms with Gasteiger partial charge in [0, 0.05) is 5.39 Å². The first kappa shape index (κ1) is 17.5. The van der Waals surface area contributed by atoms with Crippen LogP contribution >= 0.6 is 0 Å². The van der Waals surface area contributed by atoms with Gasteiger partial charge in [0.15, 0.2) is 0 Å². The number of carbonyl (C=O) groups is 2. The Hall–Kier alpha value is -3.28. The maximum Gasteiger partial charge on any atom is 0.341 e. The number of ether oxygens (including phenoxy) is 3. The molecule has 0 radical (unpaired) electrons. The molecule has 134 valence electrons. The number of fused-ring (bicyclic) bond motifs is 2. The minimum atomic E-state index is -1.05. The van der Waals surface area contributed by atoms with Crippen LogP contribution in [0.3, 0.4) is 0 Å². The second kappa shape index (κ2) is 6.92. The highest BCUT2D eigenvalue weighted by atomic mass is 16.5. The van der Waals surface area contributed by atoms with Crippen molar-refractivity contribution in [1.82, 2.24) is 0 Å². The number of carbonyl (C=O) groups excluding carboxylic acids is 1. The monoisotopic (exact) mass is 354 g/mol. The van der Waals surface area contributed by atoms with Gasteiger partial charge in [-0.2, -0.15) is 0 Å². The van der Waals surface area contributed by atoms with Crippen LogP contribution in [0, 0.1) is 0 Å². The van der Waals surface area contributed by atoms with Gasteiger partial charge in [0.25, 0.3) is 0 Å². The number of hydrogen-bond acceptors (Lipinski definition) is 5. The topological polar surface area (TPSA) is 82.1 Å². The SMILES string of the molecule is COC(=O)c1c(CC(=O)O)cc2cc3ccccc3c(OC)c2c1OC. The Bertz CT molecular complexity index is 1020. The zero-order valence-corrected chi connectivity index (χ0v) is 14.7. The lowest BCUT2D eigenvalue weighted by Gasteiger charge is -2.18. The molecule has 0 bridgehead atoms. The molecule has 0 atom stereocenters. The molecule has 26 heavy (non-hydrogen) atoms. The van der Waals surface area contributed by atoms with E-state index in [1.807, 2.05) is 30.3 Å². The fraction of sp³-hybridized carbons (Fsp3) is 0.200. The lowest BCUT2D eigenvalue weighted by atomic mass is 9.94. The number of aliphatic carboxylic acids is 1. The third-order valence-corrected chi connectivity index (χ3v) is 4.28. The van der Waals surface area contributed by atoms with E-state index in [2.05, 4.69) is 0 Å². The normalized spacial score (nSPS) is 10.7. The predicted molar refractivity (Wildman–Crippen MR) is 97.2 cm³/mol. The Morgan fingerprint density at radius 1 is 0.962 bits per heavy atom. The molecule has 0 aliphatic carbocycles. The fourth-order valence-electron chi connectivity index (χ4n) is 3.26. The van der Waals surface area contributed by atoms with Crippen LogP contribution in [0.1, 0.15) is 15.9 Å². The van der Waals surface area contributed by atoms with E-state index in [9.17, 15) is 14.7 Å². The summed E-state index contributed by atoms with van der Waals surface area (Å²) in [6.45, 7) is 0. The maximum atomic E-state index is 12.4. The van der Waals surface area contributed by atoms with E-state index in [-0.39, 0.29) is 17.7 Å². The van der Waals surface area contributed by atoms with Crippen LogP contribution < -0.4 is 9.47 Å². The van der Waals surface area contributed by atoms with Gasteiger partial charge in [0.2, 0.25) is 0 Å². The number of benzene rings is 3. The highest BCUT2D eigenvalue weighted by molar-refractivity contribution is 6.12. The Morgan fingerprint density at radius 2 is 1.65 bits per heavy atom. The first-order chi connectivity index (χ1) is 12.5. The molecule has 3 aromatic carbocycles. The standard InChI is InChI=1S/C20H18O6/c1-24-18-14-7-5-4-6-11(14)8-12-9-13(10-15(21)22)17(20(23)26-3)19(25-2)16(12)18/h4-9H,10H2,1-3H3,(H,21,22). The molecule has 0 heterocycles. The summed E-state index contributed by atoms with van der Waals surface area (Å²) in [4.78, 5) is 23.7. The third kappa shape index (κ3) is 2.79. The van der Waals surface area contributed by atoms with Crippen LogP contribution in [0.15, 0.2) is 36.4 Å². The number of carboxylic acid groups (broad SMARTS) is 1. The fourth-order valence-corrected chi connectivity index (χ4v) is 3.26. The van der Waals surface area contributed by atoms with E-state index in [0.29, 0.717) is 16.7 Å². The minimum Gasteiger partial charge on any atom is -0.495 e. The van der Waals surface area contributed by atoms with Crippen LogP contribution in [-0.2, 0) is 16.0 Å². The number of methoxy groups -OCH3 is 3. The minimum absolute atomic E-state index is 0.0958. The maximum absolute atomic E-state index is 12.4. The molecule has 0 spiro atoms. The second-order valence-corrected chi connectivity index (χ2v) is 5.74. The lowest BCUT2D eigenvalue weighted by Crippen LogP contribution is -2.12. The zero-order valence-electron chi connectivity index (χ0n) is 14.7. The summed E-state index contributed by atoms with van der Waals surface area (Å²) in [5.41, 5.74) is 0.421. The quantitative estimate of drug-likeness (QED) is 0.558. The first-order valence-electron chi connectivity index (χ1n) is 7.91. The van der Waals surface area contributed by atoms with Crippen LogP contribution in [0.2, 0.25) is 0 Å². The van der Waals surface area contributed by atoms with E-state index >= 15 is 0 Å². The molecule has 3 aromatic rings. The number of rotatable bonds is 5. The van der Waals surface area contributed by atoms with Crippen molar-refractivity contribution in [2.45, 2.75) is 6.42 Å². The van der Waals surface area contributed by atoms with Gasteiger partial charge < -0.3 is 19.3 Å². The smallest absolute Gasteiger partial charge is 0.341 e. The first-order valence-corrected chi connectivity index (χ1v) is 7.91. The Morgan fingerprint density at radius 3 is 2.27 bits per heavy atom. The van der Waals surface area contributed by atoms with Crippen LogP contribution in [0.5, 0.6) is 11.5 Å². The van der Waals surface area contributed by atoms with Gasteiger partial charge in [0.1, 0.15) is 17.1 Å². The Kier molecular flexibility index (Phi) is 4.67. The van der Waals surface area contributed by atoms with Crippen molar-refractivity contribution >= 4 is 33.5 Å². The number of carboxylic acids is 1. The van der Waals surface area contributed by atoms with Crippen LogP contribution in [-0.4, -0.2) is 38.4 Å². The van der Waals surface area contributed by atoms with Crippen molar-refractivity contribution in [2.75, 3.05) is 21.3 Å². The van der Waals surface area contributed by atoms with Crippen molar-refractivity contribution < 1.29 is 28.9 Å². The van der Waals surface area contributed by atoms with Gasteiger partial charge in [-0.15, -0.1) is 0 Å². The van der Waals surface area contributed by atoms with E-state index in [4.69, 9.17) is 14.2 Å². The average molecular weight is 354 g/mol. The molecule has 0 aliphatic heterocycles. The van der Waals surface area contributed by atoms with E-state index in [0.717, 1.165) is 16.2 Å². The van der Waals surface area contributed by atoms with E-state index < -0.39 is 11.9 Å². The van der Waals surface area contributed by atoms with Gasteiger partial charge >= 0.3 is 11.9 Å². The molecular weight excluding hydrogens is 336 g/mol. The molecule has 0 saturated carbocycles. The van der Waals surface area contributed by atoms with Gasteiger partial charge in [-0.05, 0) is 28.5 Å². The van der Waals surface area contributed by atoms with Gasteiger partial charge in [-0.3, -0.25) is 4.79 Å². The Labute approximate surface area is 149 Å². The molecule has 0 aromatic heterocycles. The Balaban J connectivity index is 2.52. The van der Waals surface area contributed by atoms with E-state index in [1.54, 1.807) is 13.2 Å². The molecule has 0 aliphatic rings. The molecule has 6 heteroatoms. The number of hydrogen-bond donors (Lipinski definition) is 1. The van der Waals surface area contributed by atoms with Crippen molar-refractivity contribution in [2.24, 2.45) is 0 Å². The van der Waals surface area contributed by atoms with Crippen LogP contribution in [0.4, 0.5) is 0 Å². The number of esters is 1. The molecule has 1 N–H and O–H groups in total. The summed E-state index contributed by atoms with van der Waals surface area (Å²) in [5.74, 6) is -0.908. The van der Waals surface area contributed by atoms with Crippen molar-refractivity contribution in [3.05, 3.63) is 47.5 Å². The van der Waals surface area contributed by atoms with Gasteiger partial charge in [0.05, 0.1) is 33.1 Å². The zero-order chi connectivity index (χ0) is 18.8. The molecule has 0 saturated heterocycles. The molecule has 6 nitrogen and oxygen atoms in total. The van der Waals surface area contributed by atoms with Crippen molar-refractivity contribution in [3.8, 4) is 11.5 Å².